The molecule has 0 aromatic rings. The first-order valence-electron chi connectivity index (χ1n) is 6.20. The normalized spacial score (nSPS) is 11.8. The highest BCUT2D eigenvalue weighted by Gasteiger charge is 2.35. The average molecular weight is 273 g/mol. The minimum atomic E-state index is -1.19. The maximum Gasteiger partial charge on any atom is 0.315 e. The fourth-order valence-corrected chi connectivity index (χ4v) is 1.52. The third kappa shape index (κ3) is 4.42. The maximum absolute atomic E-state index is 11.6. The standard InChI is InChI=1S/C12H23N3O4/c1-5-12(6-2,9(17)18)7-14-10(19)15-11(3,4)8(13)16/h5-7H2,1-4H3,(H2,13,16)(H,17,18)(H2,14,15,19). The van der Waals surface area contributed by atoms with Gasteiger partial charge in [-0.05, 0) is 26.7 Å². The Morgan fingerprint density at radius 3 is 1.95 bits per heavy atom. The minimum absolute atomic E-state index is 0.00396. The monoisotopic (exact) mass is 273 g/mol. The van der Waals surface area contributed by atoms with E-state index in [2.05, 4.69) is 10.6 Å². The Morgan fingerprint density at radius 1 is 1.16 bits per heavy atom. The van der Waals surface area contributed by atoms with Gasteiger partial charge in [0.05, 0.1) is 5.41 Å². The Kier molecular flexibility index (Phi) is 5.80. The molecule has 0 radical (unpaired) electrons. The summed E-state index contributed by atoms with van der Waals surface area (Å²) >= 11 is 0. The second-order valence-corrected chi connectivity index (χ2v) is 5.09. The van der Waals surface area contributed by atoms with E-state index in [9.17, 15) is 19.5 Å². The Morgan fingerprint density at radius 2 is 1.63 bits per heavy atom. The van der Waals surface area contributed by atoms with Crippen molar-refractivity contribution >= 4 is 17.9 Å². The third-order valence-corrected chi connectivity index (χ3v) is 3.44. The molecule has 0 unspecified atom stereocenters. The lowest BCUT2D eigenvalue weighted by Gasteiger charge is -2.28. The molecule has 0 heterocycles. The first-order chi connectivity index (χ1) is 8.61. The van der Waals surface area contributed by atoms with Gasteiger partial charge in [-0.1, -0.05) is 13.8 Å². The van der Waals surface area contributed by atoms with Crippen LogP contribution in [0.1, 0.15) is 40.5 Å². The van der Waals surface area contributed by atoms with Crippen LogP contribution < -0.4 is 16.4 Å². The number of primary amides is 1. The number of urea groups is 1. The number of nitrogens with one attached hydrogen (secondary N) is 2. The van der Waals surface area contributed by atoms with Gasteiger partial charge in [0.15, 0.2) is 0 Å². The van der Waals surface area contributed by atoms with E-state index in [1.807, 2.05) is 0 Å². The molecular weight excluding hydrogens is 250 g/mol. The Balaban J connectivity index is 4.60. The summed E-state index contributed by atoms with van der Waals surface area (Å²) in [6.07, 6.45) is 0.802. The molecule has 110 valence electrons. The lowest BCUT2D eigenvalue weighted by Crippen LogP contribution is -2.57. The zero-order chi connectivity index (χ0) is 15.3. The molecule has 0 aliphatic heterocycles. The van der Waals surface area contributed by atoms with Gasteiger partial charge in [-0.25, -0.2) is 4.79 Å². The number of carbonyl (C=O) groups excluding carboxylic acids is 2. The summed E-state index contributed by atoms with van der Waals surface area (Å²) in [6.45, 7) is 6.45. The first kappa shape index (κ1) is 17.2. The van der Waals surface area contributed by atoms with Crippen molar-refractivity contribution in [2.75, 3.05) is 6.54 Å². The number of rotatable bonds is 7. The molecule has 3 amide bonds. The fraction of sp³-hybridized carbons (Fsp3) is 0.750. The number of hydrogen-bond donors (Lipinski definition) is 4. The summed E-state index contributed by atoms with van der Waals surface area (Å²) in [4.78, 5) is 33.9. The number of carbonyl (C=O) groups is 3. The molecule has 0 saturated heterocycles. The van der Waals surface area contributed by atoms with Gasteiger partial charge in [0.25, 0.3) is 0 Å². The van der Waals surface area contributed by atoms with Gasteiger partial charge in [0.1, 0.15) is 5.54 Å². The van der Waals surface area contributed by atoms with Crippen LogP contribution in [0.2, 0.25) is 0 Å². The molecule has 0 rings (SSSR count). The topological polar surface area (TPSA) is 122 Å². The molecule has 0 saturated carbocycles. The van der Waals surface area contributed by atoms with Crippen molar-refractivity contribution in [3.8, 4) is 0 Å². The number of aliphatic carboxylic acids is 1. The highest BCUT2D eigenvalue weighted by molar-refractivity contribution is 5.89. The van der Waals surface area contributed by atoms with Gasteiger partial charge in [0, 0.05) is 6.54 Å². The van der Waals surface area contributed by atoms with Gasteiger partial charge in [0.2, 0.25) is 5.91 Å². The molecule has 19 heavy (non-hydrogen) atoms. The summed E-state index contributed by atoms with van der Waals surface area (Å²) in [5.41, 5.74) is 2.95. The minimum Gasteiger partial charge on any atom is -0.481 e. The Labute approximate surface area is 112 Å². The first-order valence-corrected chi connectivity index (χ1v) is 6.20. The molecule has 0 atom stereocenters. The number of carboxylic acids is 1. The van der Waals surface area contributed by atoms with E-state index in [-0.39, 0.29) is 6.54 Å². The Hall–Kier alpha value is -1.79. The number of nitrogens with two attached hydrogens (primary N) is 1. The highest BCUT2D eigenvalue weighted by atomic mass is 16.4. The molecule has 0 aliphatic rings. The molecular formula is C12H23N3O4. The number of amides is 3. The van der Waals surface area contributed by atoms with Crippen molar-refractivity contribution < 1.29 is 19.5 Å². The van der Waals surface area contributed by atoms with Gasteiger partial charge in [-0.2, -0.15) is 0 Å². The molecule has 0 aromatic carbocycles. The summed E-state index contributed by atoms with van der Waals surface area (Å²) in [7, 11) is 0. The highest BCUT2D eigenvalue weighted by Crippen LogP contribution is 2.25. The van der Waals surface area contributed by atoms with E-state index >= 15 is 0 Å². The molecule has 5 N–H and O–H groups in total. The third-order valence-electron chi connectivity index (χ3n) is 3.44. The SMILES string of the molecule is CCC(CC)(CNC(=O)NC(C)(C)C(N)=O)C(=O)O. The van der Waals surface area contributed by atoms with E-state index in [0.29, 0.717) is 12.8 Å². The smallest absolute Gasteiger partial charge is 0.315 e. The molecule has 7 nitrogen and oxygen atoms in total. The van der Waals surface area contributed by atoms with Crippen LogP contribution in [0.15, 0.2) is 0 Å². The fourth-order valence-electron chi connectivity index (χ4n) is 1.52. The van der Waals surface area contributed by atoms with Crippen LogP contribution in [-0.2, 0) is 9.59 Å². The number of hydrogen-bond acceptors (Lipinski definition) is 3. The van der Waals surface area contributed by atoms with Crippen LogP contribution in [0.4, 0.5) is 4.79 Å². The lowest BCUT2D eigenvalue weighted by atomic mass is 9.82. The van der Waals surface area contributed by atoms with E-state index in [1.54, 1.807) is 13.8 Å². The predicted molar refractivity (Wildman–Crippen MR) is 70.5 cm³/mol. The van der Waals surface area contributed by atoms with E-state index in [4.69, 9.17) is 5.73 Å². The second-order valence-electron chi connectivity index (χ2n) is 5.09. The van der Waals surface area contributed by atoms with Gasteiger partial charge in [-0.3, -0.25) is 9.59 Å². The van der Waals surface area contributed by atoms with Crippen molar-refractivity contribution in [3.63, 3.8) is 0 Å². The Bertz CT molecular complexity index is 362. The van der Waals surface area contributed by atoms with Crippen molar-refractivity contribution in [3.05, 3.63) is 0 Å². The van der Waals surface area contributed by atoms with E-state index in [0.717, 1.165) is 0 Å². The van der Waals surface area contributed by atoms with Gasteiger partial charge < -0.3 is 21.5 Å². The summed E-state index contributed by atoms with van der Waals surface area (Å²) < 4.78 is 0. The maximum atomic E-state index is 11.6. The summed E-state index contributed by atoms with van der Waals surface area (Å²) in [5.74, 6) is -1.62. The molecule has 7 heteroatoms. The molecule has 0 bridgehead atoms. The predicted octanol–water partition coefficient (Wildman–Crippen LogP) is 0.441. The summed E-state index contributed by atoms with van der Waals surface area (Å²) in [5, 5.41) is 14.1. The van der Waals surface area contributed by atoms with Crippen molar-refractivity contribution in [2.45, 2.75) is 46.1 Å². The van der Waals surface area contributed by atoms with Crippen LogP contribution >= 0.6 is 0 Å². The van der Waals surface area contributed by atoms with Crippen LogP contribution in [0.3, 0.4) is 0 Å². The summed E-state index contributed by atoms with van der Waals surface area (Å²) in [6, 6.07) is -0.615. The molecule has 0 aromatic heterocycles. The largest absolute Gasteiger partial charge is 0.481 e. The zero-order valence-corrected chi connectivity index (χ0v) is 11.9. The van der Waals surface area contributed by atoms with Crippen molar-refractivity contribution in [1.82, 2.24) is 10.6 Å². The van der Waals surface area contributed by atoms with Crippen molar-refractivity contribution in [1.29, 1.82) is 0 Å². The molecule has 0 spiro atoms. The van der Waals surface area contributed by atoms with Gasteiger partial charge >= 0.3 is 12.0 Å². The zero-order valence-electron chi connectivity index (χ0n) is 11.9. The van der Waals surface area contributed by atoms with Gasteiger partial charge in [-0.15, -0.1) is 0 Å². The molecule has 0 aliphatic carbocycles. The van der Waals surface area contributed by atoms with Crippen LogP contribution in [-0.4, -0.2) is 35.1 Å². The van der Waals surface area contributed by atoms with Crippen LogP contribution in [0, 0.1) is 5.41 Å². The quantitative estimate of drug-likeness (QED) is 0.537. The lowest BCUT2D eigenvalue weighted by molar-refractivity contribution is -0.149. The second kappa shape index (κ2) is 6.40. The van der Waals surface area contributed by atoms with Crippen molar-refractivity contribution in [2.24, 2.45) is 11.1 Å². The van der Waals surface area contributed by atoms with E-state index < -0.39 is 28.9 Å². The van der Waals surface area contributed by atoms with Crippen LogP contribution in [0.25, 0.3) is 0 Å². The average Bonchev–Trinajstić information content (AvgIpc) is 2.29. The van der Waals surface area contributed by atoms with E-state index in [1.165, 1.54) is 13.8 Å². The number of carboxylic acid groups (broad SMARTS) is 1. The molecule has 0 fully saturated rings. The van der Waals surface area contributed by atoms with Crippen LogP contribution in [0.5, 0.6) is 0 Å².